The van der Waals surface area contributed by atoms with Gasteiger partial charge < -0.3 is 32.7 Å². The maximum Gasteiger partial charge on any atom is 0.512 e. The molecule has 1 aliphatic heterocycles. The van der Waals surface area contributed by atoms with Crippen LogP contribution < -0.4 is 14.1 Å². The van der Waals surface area contributed by atoms with Gasteiger partial charge in [0.1, 0.15) is 35.9 Å². The minimum atomic E-state index is -3.75. The molecule has 1 aliphatic rings. The standard InChI is InChI=1S/C24H34NO8P/c1-27-17-21-23(29-3)24(30-4)22(28-2)20(31-21)15-16-25-34(26,32-18-11-7-5-8-12-18)33-19-13-9-6-10-14-19/h5-14,20-24H,15-17H2,1-4H3,(H,25,26)/t20-,21-,22-,23-,24-/m1/s1. The van der Waals surface area contributed by atoms with Crippen LogP contribution in [0.15, 0.2) is 60.7 Å². The van der Waals surface area contributed by atoms with Crippen LogP contribution in [0.25, 0.3) is 0 Å². The third-order valence-electron chi connectivity index (χ3n) is 5.55. The van der Waals surface area contributed by atoms with Crippen LogP contribution in [0.5, 0.6) is 11.5 Å². The van der Waals surface area contributed by atoms with E-state index in [2.05, 4.69) is 5.09 Å². The molecule has 0 unspecified atom stereocenters. The minimum absolute atomic E-state index is 0.273. The maximum atomic E-state index is 13.6. The monoisotopic (exact) mass is 495 g/mol. The highest BCUT2D eigenvalue weighted by atomic mass is 31.2. The number of rotatable bonds is 13. The molecule has 1 saturated heterocycles. The topological polar surface area (TPSA) is 93.7 Å². The van der Waals surface area contributed by atoms with E-state index >= 15 is 0 Å². The first-order valence-electron chi connectivity index (χ1n) is 11.1. The molecular formula is C24H34NO8P. The molecule has 10 heteroatoms. The van der Waals surface area contributed by atoms with Crippen LogP contribution in [0.4, 0.5) is 0 Å². The summed E-state index contributed by atoms with van der Waals surface area (Å²) < 4.78 is 53.8. The van der Waals surface area contributed by atoms with Gasteiger partial charge in [0, 0.05) is 35.0 Å². The number of hydrogen-bond acceptors (Lipinski definition) is 8. The van der Waals surface area contributed by atoms with Crippen LogP contribution in [-0.4, -0.2) is 72.1 Å². The summed E-state index contributed by atoms with van der Waals surface area (Å²) in [6.07, 6.45) is -1.36. The van der Waals surface area contributed by atoms with E-state index < -0.39 is 13.9 Å². The predicted octanol–water partition coefficient (Wildman–Crippen LogP) is 3.69. The molecule has 34 heavy (non-hydrogen) atoms. The molecule has 2 aromatic carbocycles. The van der Waals surface area contributed by atoms with Crippen LogP contribution in [0.1, 0.15) is 6.42 Å². The Balaban J connectivity index is 1.71. The average Bonchev–Trinajstić information content (AvgIpc) is 2.84. The number of para-hydroxylation sites is 2. The molecule has 5 atom stereocenters. The van der Waals surface area contributed by atoms with Crippen molar-refractivity contribution in [1.82, 2.24) is 5.09 Å². The highest BCUT2D eigenvalue weighted by Gasteiger charge is 2.46. The fraction of sp³-hybridized carbons (Fsp3) is 0.500. The summed E-state index contributed by atoms with van der Waals surface area (Å²) in [6.45, 7) is 0.612. The fourth-order valence-electron chi connectivity index (χ4n) is 4.03. The summed E-state index contributed by atoms with van der Waals surface area (Å²) in [5.41, 5.74) is 0. The molecule has 0 aliphatic carbocycles. The quantitative estimate of drug-likeness (QED) is 0.418. The SMILES string of the molecule is COC[C@H]1O[C@H](CCNP(=O)(Oc2ccccc2)Oc2ccccc2)[C@@H](OC)[C@@H](OC)[C@@H]1OC. The number of hydrogen-bond donors (Lipinski definition) is 1. The van der Waals surface area contributed by atoms with Crippen molar-refractivity contribution in [2.24, 2.45) is 0 Å². The molecule has 1 N–H and O–H groups in total. The van der Waals surface area contributed by atoms with E-state index in [4.69, 9.17) is 32.7 Å². The van der Waals surface area contributed by atoms with Gasteiger partial charge in [-0.05, 0) is 30.7 Å². The molecule has 9 nitrogen and oxygen atoms in total. The van der Waals surface area contributed by atoms with Gasteiger partial charge in [-0.2, -0.15) is 0 Å². The molecule has 0 aromatic heterocycles. The first-order valence-corrected chi connectivity index (χ1v) is 12.6. The van der Waals surface area contributed by atoms with E-state index in [0.29, 0.717) is 24.5 Å². The van der Waals surface area contributed by atoms with Crippen molar-refractivity contribution in [2.45, 2.75) is 36.9 Å². The van der Waals surface area contributed by atoms with Crippen LogP contribution in [0.2, 0.25) is 0 Å². The van der Waals surface area contributed by atoms with Crippen molar-refractivity contribution in [2.75, 3.05) is 41.6 Å². The minimum Gasteiger partial charge on any atom is -0.405 e. The lowest BCUT2D eigenvalue weighted by molar-refractivity contribution is -0.250. The molecule has 0 spiro atoms. The second-order valence-corrected chi connectivity index (χ2v) is 9.45. The summed E-state index contributed by atoms with van der Waals surface area (Å²) in [6, 6.07) is 17.8. The van der Waals surface area contributed by atoms with Crippen molar-refractivity contribution < 1.29 is 37.3 Å². The highest BCUT2D eigenvalue weighted by molar-refractivity contribution is 7.52. The van der Waals surface area contributed by atoms with Gasteiger partial charge in [0.2, 0.25) is 0 Å². The van der Waals surface area contributed by atoms with Crippen molar-refractivity contribution in [3.8, 4) is 11.5 Å². The summed E-state index contributed by atoms with van der Waals surface area (Å²) in [5.74, 6) is 0.862. The summed E-state index contributed by atoms with van der Waals surface area (Å²) in [4.78, 5) is 0. The second-order valence-electron chi connectivity index (χ2n) is 7.77. The number of nitrogens with one attached hydrogen (secondary N) is 1. The van der Waals surface area contributed by atoms with E-state index in [0.717, 1.165) is 0 Å². The van der Waals surface area contributed by atoms with Gasteiger partial charge in [0.05, 0.1) is 12.7 Å². The third kappa shape index (κ3) is 7.02. The number of benzene rings is 2. The van der Waals surface area contributed by atoms with Crippen LogP contribution >= 0.6 is 7.75 Å². The Hall–Kier alpha value is -1.97. The van der Waals surface area contributed by atoms with Crippen molar-refractivity contribution in [3.05, 3.63) is 60.7 Å². The van der Waals surface area contributed by atoms with Crippen molar-refractivity contribution in [3.63, 3.8) is 0 Å². The Morgan fingerprint density at radius 3 is 1.74 bits per heavy atom. The van der Waals surface area contributed by atoms with E-state index in [-0.39, 0.29) is 31.0 Å². The smallest absolute Gasteiger partial charge is 0.405 e. The molecule has 188 valence electrons. The molecule has 3 rings (SSSR count). The van der Waals surface area contributed by atoms with Crippen molar-refractivity contribution in [1.29, 1.82) is 0 Å². The fourth-order valence-corrected chi connectivity index (χ4v) is 5.40. The van der Waals surface area contributed by atoms with E-state index in [1.165, 1.54) is 0 Å². The lowest BCUT2D eigenvalue weighted by Gasteiger charge is -2.45. The van der Waals surface area contributed by atoms with E-state index in [9.17, 15) is 4.57 Å². The lowest BCUT2D eigenvalue weighted by atomic mass is 9.93. The van der Waals surface area contributed by atoms with Gasteiger partial charge in [0.15, 0.2) is 0 Å². The Labute approximate surface area is 201 Å². The van der Waals surface area contributed by atoms with E-state index in [1.54, 1.807) is 77.0 Å². The Kier molecular flexibility index (Phi) is 10.3. The van der Waals surface area contributed by atoms with Gasteiger partial charge in [-0.3, -0.25) is 0 Å². The first-order chi connectivity index (χ1) is 16.5. The molecular weight excluding hydrogens is 461 g/mol. The van der Waals surface area contributed by atoms with Gasteiger partial charge in [-0.25, -0.2) is 9.65 Å². The zero-order valence-electron chi connectivity index (χ0n) is 20.0. The number of methoxy groups -OCH3 is 4. The maximum absolute atomic E-state index is 13.6. The van der Waals surface area contributed by atoms with Gasteiger partial charge in [-0.15, -0.1) is 0 Å². The van der Waals surface area contributed by atoms with Gasteiger partial charge in [-0.1, -0.05) is 36.4 Å². The highest BCUT2D eigenvalue weighted by Crippen LogP contribution is 2.44. The van der Waals surface area contributed by atoms with Crippen LogP contribution in [-0.2, 0) is 28.2 Å². The summed E-state index contributed by atoms with van der Waals surface area (Å²) in [7, 11) is 2.68. The Morgan fingerprint density at radius 2 is 1.26 bits per heavy atom. The zero-order valence-corrected chi connectivity index (χ0v) is 20.9. The largest absolute Gasteiger partial charge is 0.512 e. The van der Waals surface area contributed by atoms with Crippen LogP contribution in [0.3, 0.4) is 0 Å². The van der Waals surface area contributed by atoms with E-state index in [1.807, 2.05) is 12.1 Å². The lowest BCUT2D eigenvalue weighted by Crippen LogP contribution is -2.60. The average molecular weight is 496 g/mol. The molecule has 0 bridgehead atoms. The molecule has 0 amide bonds. The normalized spacial score (nSPS) is 25.1. The summed E-state index contributed by atoms with van der Waals surface area (Å²) >= 11 is 0. The first kappa shape index (κ1) is 26.6. The Bertz CT molecular complexity index is 842. The Morgan fingerprint density at radius 1 is 0.765 bits per heavy atom. The zero-order chi connectivity index (χ0) is 24.4. The predicted molar refractivity (Wildman–Crippen MR) is 127 cm³/mol. The number of ether oxygens (including phenoxy) is 5. The van der Waals surface area contributed by atoms with Gasteiger partial charge >= 0.3 is 7.75 Å². The molecule has 1 fully saturated rings. The molecule has 1 heterocycles. The molecule has 0 saturated carbocycles. The molecule has 0 radical (unpaired) electrons. The second kappa shape index (κ2) is 13.2. The van der Waals surface area contributed by atoms with Crippen LogP contribution in [0, 0.1) is 0 Å². The summed E-state index contributed by atoms with van der Waals surface area (Å²) in [5, 5.41) is 2.96. The van der Waals surface area contributed by atoms with Crippen molar-refractivity contribution >= 4 is 7.75 Å². The third-order valence-corrected chi connectivity index (χ3v) is 7.06. The molecule has 2 aromatic rings. The van der Waals surface area contributed by atoms with Gasteiger partial charge in [0.25, 0.3) is 0 Å².